The minimum absolute atomic E-state index is 0.829. The molecule has 0 fully saturated rings. The molecule has 45 heavy (non-hydrogen) atoms. The average molecular weight is 575 g/mol. The van der Waals surface area contributed by atoms with Crippen LogP contribution in [0.4, 0.5) is 0 Å². The number of benzene rings is 5. The molecular weight excluding hydrogens is 552 g/mol. The number of nitrogens with zero attached hydrogens (tertiary/aromatic N) is 3. The van der Waals surface area contributed by atoms with E-state index in [1.165, 1.54) is 16.2 Å². The Bertz CT molecular complexity index is 3110. The van der Waals surface area contributed by atoms with E-state index in [1.807, 2.05) is 12.1 Å². The number of aromatic amines is 1. The van der Waals surface area contributed by atoms with E-state index in [-0.39, 0.29) is 0 Å². The quantitative estimate of drug-likeness (QED) is 0.196. The summed E-state index contributed by atoms with van der Waals surface area (Å²) in [7, 11) is 0. The number of nitrogens with one attached hydrogen (secondary N) is 1. The molecule has 6 heterocycles. The van der Waals surface area contributed by atoms with Crippen molar-refractivity contribution in [2.24, 2.45) is 0 Å². The minimum atomic E-state index is 0.829. The Morgan fingerprint density at radius 1 is 0.467 bits per heavy atom. The molecule has 0 saturated heterocycles. The summed E-state index contributed by atoms with van der Waals surface area (Å²) in [4.78, 5) is 14.5. The highest BCUT2D eigenvalue weighted by molar-refractivity contribution is 6.21. The summed E-state index contributed by atoms with van der Waals surface area (Å²) < 4.78 is 8.88. The SMILES string of the molecule is c1cc2nc(c1)c1cc(cc3c4ccccc4oc13)n1c3ccccc3c3ccc(nc31)c1cccc3c4cccc2c4[nH]c13. The summed E-state index contributed by atoms with van der Waals surface area (Å²) in [6.45, 7) is 0. The van der Waals surface area contributed by atoms with Crippen LogP contribution in [0, 0.1) is 0 Å². The lowest BCUT2D eigenvalue weighted by Crippen LogP contribution is -1.89. The highest BCUT2D eigenvalue weighted by Gasteiger charge is 2.16. The molecule has 5 aromatic carbocycles. The van der Waals surface area contributed by atoms with E-state index < -0.39 is 0 Å². The number of aromatic nitrogens is 4. The molecule has 1 N–H and O–H groups in total. The van der Waals surface area contributed by atoms with E-state index >= 15 is 0 Å². The summed E-state index contributed by atoms with van der Waals surface area (Å²) >= 11 is 0. The third-order valence-electron chi connectivity index (χ3n) is 9.49. The fourth-order valence-electron chi connectivity index (χ4n) is 7.49. The van der Waals surface area contributed by atoms with Gasteiger partial charge in [0.05, 0.1) is 33.1 Å². The van der Waals surface area contributed by atoms with Crippen molar-refractivity contribution in [2.45, 2.75) is 0 Å². The monoisotopic (exact) mass is 574 g/mol. The molecule has 0 unspecified atom stereocenters. The number of para-hydroxylation sites is 4. The standard InChI is InChI=1S/C40H22N4O/c1-3-16-35-23(8-1)27-18-19-34-29-13-6-11-26-25-10-5-12-28(37(25)43-38(26)29)32-14-7-15-33(41-32)31-21-22(44(35)40(27)42-34)20-30-24-9-2-4-17-36(24)45-39(30)31/h1-21,43H. The van der Waals surface area contributed by atoms with E-state index in [2.05, 4.69) is 125 Å². The summed E-state index contributed by atoms with van der Waals surface area (Å²) in [5, 5.41) is 9.83. The number of rotatable bonds is 0. The van der Waals surface area contributed by atoms with Crippen molar-refractivity contribution in [1.29, 1.82) is 0 Å². The molecule has 0 radical (unpaired) electrons. The summed E-state index contributed by atoms with van der Waals surface area (Å²) in [5.41, 5.74) is 9.55. The van der Waals surface area contributed by atoms with Gasteiger partial charge in [-0.25, -0.2) is 9.97 Å². The van der Waals surface area contributed by atoms with Crippen molar-refractivity contribution in [3.63, 3.8) is 0 Å². The molecule has 11 aromatic rings. The maximum Gasteiger partial charge on any atom is 0.146 e. The molecule has 8 bridgehead atoms. The topological polar surface area (TPSA) is 59.1 Å². The second-order valence-corrected chi connectivity index (χ2v) is 11.9. The first-order valence-corrected chi connectivity index (χ1v) is 15.2. The first-order valence-electron chi connectivity index (χ1n) is 15.2. The van der Waals surface area contributed by atoms with E-state index in [0.29, 0.717) is 0 Å². The van der Waals surface area contributed by atoms with Gasteiger partial charge < -0.3 is 9.40 Å². The van der Waals surface area contributed by atoms with Crippen LogP contribution in [-0.4, -0.2) is 19.4 Å². The van der Waals surface area contributed by atoms with Crippen molar-refractivity contribution < 1.29 is 4.42 Å². The molecular formula is C40H22N4O. The number of pyridine rings is 2. The largest absolute Gasteiger partial charge is 0.455 e. The van der Waals surface area contributed by atoms with Gasteiger partial charge in [-0.05, 0) is 48.5 Å². The van der Waals surface area contributed by atoms with Gasteiger partial charge in [0.1, 0.15) is 16.8 Å². The van der Waals surface area contributed by atoms with Crippen molar-refractivity contribution in [2.75, 3.05) is 0 Å². The molecule has 5 nitrogen and oxygen atoms in total. The summed E-state index contributed by atoms with van der Waals surface area (Å²) in [6, 6.07) is 44.9. The Morgan fingerprint density at radius 2 is 1.09 bits per heavy atom. The van der Waals surface area contributed by atoms with E-state index in [4.69, 9.17) is 14.4 Å². The molecule has 5 heteroatoms. The lowest BCUT2D eigenvalue weighted by molar-refractivity contribution is 0.672. The summed E-state index contributed by atoms with van der Waals surface area (Å²) in [6.07, 6.45) is 0. The van der Waals surface area contributed by atoms with Gasteiger partial charge >= 0.3 is 0 Å². The molecule has 0 amide bonds. The Kier molecular flexibility index (Phi) is 4.26. The van der Waals surface area contributed by atoms with Gasteiger partial charge in [0.25, 0.3) is 0 Å². The smallest absolute Gasteiger partial charge is 0.146 e. The molecule has 0 atom stereocenters. The predicted molar refractivity (Wildman–Crippen MR) is 186 cm³/mol. The van der Waals surface area contributed by atoms with Crippen LogP contribution in [0.5, 0.6) is 0 Å². The van der Waals surface area contributed by atoms with Crippen LogP contribution in [0.15, 0.2) is 132 Å². The Labute approximate surface area is 254 Å². The summed E-state index contributed by atoms with van der Waals surface area (Å²) in [5.74, 6) is 0. The third kappa shape index (κ3) is 3.01. The maximum atomic E-state index is 6.58. The highest BCUT2D eigenvalue weighted by Crippen LogP contribution is 2.38. The van der Waals surface area contributed by atoms with Crippen molar-refractivity contribution >= 4 is 104 Å². The van der Waals surface area contributed by atoms with Gasteiger partial charge in [-0.15, -0.1) is 0 Å². The Balaban J connectivity index is 1.52. The van der Waals surface area contributed by atoms with Crippen LogP contribution in [0.3, 0.4) is 0 Å². The first-order chi connectivity index (χ1) is 22.3. The second-order valence-electron chi connectivity index (χ2n) is 11.9. The second kappa shape index (κ2) is 8.24. The van der Waals surface area contributed by atoms with Crippen LogP contribution in [0.1, 0.15) is 0 Å². The molecule has 0 spiro atoms. The normalized spacial score (nSPS) is 12.4. The van der Waals surface area contributed by atoms with Gasteiger partial charge in [-0.1, -0.05) is 78.9 Å². The number of hydrogen-bond acceptors (Lipinski definition) is 3. The van der Waals surface area contributed by atoms with Crippen molar-refractivity contribution in [1.82, 2.24) is 19.4 Å². The maximum absolute atomic E-state index is 6.58. The van der Waals surface area contributed by atoms with Gasteiger partial charge in [0, 0.05) is 54.0 Å². The number of hydrogen-bond donors (Lipinski definition) is 1. The highest BCUT2D eigenvalue weighted by atomic mass is 16.3. The van der Waals surface area contributed by atoms with E-state index in [9.17, 15) is 0 Å². The van der Waals surface area contributed by atoms with Crippen LogP contribution in [-0.2, 0) is 0 Å². The van der Waals surface area contributed by atoms with Crippen LogP contribution < -0.4 is 0 Å². The third-order valence-corrected chi connectivity index (χ3v) is 9.49. The molecule has 11 rings (SSSR count). The van der Waals surface area contributed by atoms with Gasteiger partial charge in [0.2, 0.25) is 0 Å². The van der Waals surface area contributed by atoms with Crippen LogP contribution >= 0.6 is 0 Å². The van der Waals surface area contributed by atoms with Crippen LogP contribution in [0.2, 0.25) is 0 Å². The van der Waals surface area contributed by atoms with Gasteiger partial charge in [-0.3, -0.25) is 4.40 Å². The molecule has 0 aliphatic heterocycles. The minimum Gasteiger partial charge on any atom is -0.455 e. The zero-order valence-electron chi connectivity index (χ0n) is 23.9. The zero-order chi connectivity index (χ0) is 29.2. The van der Waals surface area contributed by atoms with Crippen molar-refractivity contribution in [3.05, 3.63) is 127 Å². The number of H-pyrrole nitrogens is 1. The molecule has 208 valence electrons. The van der Waals surface area contributed by atoms with Gasteiger partial charge in [0.15, 0.2) is 0 Å². The lowest BCUT2D eigenvalue weighted by Gasteiger charge is -2.04. The Morgan fingerprint density at radius 3 is 1.91 bits per heavy atom. The first kappa shape index (κ1) is 23.3. The zero-order valence-corrected chi connectivity index (χ0v) is 23.9. The van der Waals surface area contributed by atoms with E-state index in [1.54, 1.807) is 0 Å². The van der Waals surface area contributed by atoms with E-state index in [0.717, 1.165) is 87.7 Å². The predicted octanol–water partition coefficient (Wildman–Crippen LogP) is 10.6. The fraction of sp³-hybridized carbons (Fsp3) is 0. The Hall–Kier alpha value is -6.20. The lowest BCUT2D eigenvalue weighted by atomic mass is 10.1. The molecule has 0 saturated carbocycles. The molecule has 6 aromatic heterocycles. The number of fused-ring (bicyclic) bond motifs is 17. The average Bonchev–Trinajstić information content (AvgIpc) is 3.77. The fourth-order valence-corrected chi connectivity index (χ4v) is 7.49. The number of furan rings is 1. The van der Waals surface area contributed by atoms with Crippen molar-refractivity contribution in [3.8, 4) is 0 Å². The van der Waals surface area contributed by atoms with Gasteiger partial charge in [-0.2, -0.15) is 0 Å². The van der Waals surface area contributed by atoms with Crippen LogP contribution in [0.25, 0.3) is 104 Å². The molecule has 0 aliphatic carbocycles. The molecule has 0 aliphatic rings.